The SMILES string of the molecule is Cc1ccc(F)cc1C1(O)CCC(C)C1. The van der Waals surface area contributed by atoms with E-state index in [2.05, 4.69) is 6.92 Å². The van der Waals surface area contributed by atoms with E-state index in [4.69, 9.17) is 0 Å². The van der Waals surface area contributed by atoms with Crippen LogP contribution in [0.5, 0.6) is 0 Å². The quantitative estimate of drug-likeness (QED) is 0.751. The Hall–Kier alpha value is -0.890. The first-order valence-corrected chi connectivity index (χ1v) is 5.50. The monoisotopic (exact) mass is 208 g/mol. The summed E-state index contributed by atoms with van der Waals surface area (Å²) in [6.45, 7) is 4.06. The van der Waals surface area contributed by atoms with Crippen molar-refractivity contribution in [2.45, 2.75) is 38.7 Å². The fraction of sp³-hybridized carbons (Fsp3) is 0.538. The number of hydrogen-bond acceptors (Lipinski definition) is 1. The molecule has 1 aliphatic rings. The van der Waals surface area contributed by atoms with Crippen LogP contribution < -0.4 is 0 Å². The van der Waals surface area contributed by atoms with Gasteiger partial charge in [-0.05, 0) is 55.4 Å². The second-order valence-electron chi connectivity index (χ2n) is 4.84. The molecule has 1 aliphatic carbocycles. The van der Waals surface area contributed by atoms with Gasteiger partial charge in [0, 0.05) is 0 Å². The smallest absolute Gasteiger partial charge is 0.123 e. The van der Waals surface area contributed by atoms with Gasteiger partial charge < -0.3 is 5.11 Å². The summed E-state index contributed by atoms with van der Waals surface area (Å²) < 4.78 is 13.2. The van der Waals surface area contributed by atoms with E-state index in [0.29, 0.717) is 5.92 Å². The average molecular weight is 208 g/mol. The van der Waals surface area contributed by atoms with Gasteiger partial charge in [-0.2, -0.15) is 0 Å². The first-order valence-electron chi connectivity index (χ1n) is 5.50. The molecule has 0 amide bonds. The molecule has 1 aromatic carbocycles. The van der Waals surface area contributed by atoms with Crippen LogP contribution in [0.3, 0.4) is 0 Å². The van der Waals surface area contributed by atoms with Crippen molar-refractivity contribution >= 4 is 0 Å². The molecular weight excluding hydrogens is 191 g/mol. The van der Waals surface area contributed by atoms with E-state index in [9.17, 15) is 9.50 Å². The highest BCUT2D eigenvalue weighted by atomic mass is 19.1. The second kappa shape index (κ2) is 3.60. The molecule has 0 aliphatic heterocycles. The Labute approximate surface area is 89.9 Å². The van der Waals surface area contributed by atoms with Crippen molar-refractivity contribution in [3.63, 3.8) is 0 Å². The summed E-state index contributed by atoms with van der Waals surface area (Å²) in [6, 6.07) is 4.67. The third-order valence-electron chi connectivity index (χ3n) is 3.44. The number of aryl methyl sites for hydroxylation is 1. The molecule has 1 saturated carbocycles. The van der Waals surface area contributed by atoms with Gasteiger partial charge in [-0.25, -0.2) is 4.39 Å². The molecule has 2 unspecified atom stereocenters. The Bertz CT molecular complexity index is 375. The molecule has 0 aromatic heterocycles. The fourth-order valence-corrected chi connectivity index (χ4v) is 2.61. The van der Waals surface area contributed by atoms with Gasteiger partial charge in [-0.15, -0.1) is 0 Å². The standard InChI is InChI=1S/C13H17FO/c1-9-5-6-13(15,8-9)12-7-11(14)4-3-10(12)2/h3-4,7,9,15H,5-6,8H2,1-2H3. The highest BCUT2D eigenvalue weighted by Crippen LogP contribution is 2.42. The number of aliphatic hydroxyl groups is 1. The zero-order valence-corrected chi connectivity index (χ0v) is 9.26. The van der Waals surface area contributed by atoms with Crippen molar-refractivity contribution < 1.29 is 9.50 Å². The molecule has 0 heterocycles. The lowest BCUT2D eigenvalue weighted by molar-refractivity contribution is 0.0398. The van der Waals surface area contributed by atoms with Crippen LogP contribution in [0.25, 0.3) is 0 Å². The number of hydrogen-bond donors (Lipinski definition) is 1. The van der Waals surface area contributed by atoms with E-state index in [0.717, 1.165) is 30.4 Å². The molecule has 1 nitrogen and oxygen atoms in total. The molecule has 1 fully saturated rings. The van der Waals surface area contributed by atoms with E-state index in [-0.39, 0.29) is 5.82 Å². The number of rotatable bonds is 1. The van der Waals surface area contributed by atoms with Gasteiger partial charge in [-0.1, -0.05) is 13.0 Å². The molecular formula is C13H17FO. The van der Waals surface area contributed by atoms with Crippen LogP contribution in [0.2, 0.25) is 0 Å². The lowest BCUT2D eigenvalue weighted by Crippen LogP contribution is -2.23. The Kier molecular flexibility index (Phi) is 2.55. The largest absolute Gasteiger partial charge is 0.385 e. The molecule has 82 valence electrons. The van der Waals surface area contributed by atoms with Crippen molar-refractivity contribution in [3.05, 3.63) is 35.1 Å². The summed E-state index contributed by atoms with van der Waals surface area (Å²) in [5.74, 6) is 0.265. The molecule has 1 N–H and O–H groups in total. The van der Waals surface area contributed by atoms with Crippen molar-refractivity contribution in [3.8, 4) is 0 Å². The zero-order chi connectivity index (χ0) is 11.1. The molecule has 0 saturated heterocycles. The lowest BCUT2D eigenvalue weighted by atomic mass is 9.88. The average Bonchev–Trinajstić information content (AvgIpc) is 2.52. The van der Waals surface area contributed by atoms with Gasteiger partial charge in [0.2, 0.25) is 0 Å². The molecule has 2 rings (SSSR count). The van der Waals surface area contributed by atoms with Crippen molar-refractivity contribution in [2.75, 3.05) is 0 Å². The van der Waals surface area contributed by atoms with Crippen LogP contribution in [-0.4, -0.2) is 5.11 Å². The molecule has 0 radical (unpaired) electrons. The van der Waals surface area contributed by atoms with E-state index < -0.39 is 5.60 Å². The van der Waals surface area contributed by atoms with E-state index in [1.54, 1.807) is 6.07 Å². The van der Waals surface area contributed by atoms with Crippen LogP contribution in [0.15, 0.2) is 18.2 Å². The highest BCUT2D eigenvalue weighted by Gasteiger charge is 2.37. The van der Waals surface area contributed by atoms with Gasteiger partial charge in [0.1, 0.15) is 5.82 Å². The second-order valence-corrected chi connectivity index (χ2v) is 4.84. The van der Waals surface area contributed by atoms with E-state index >= 15 is 0 Å². The maximum absolute atomic E-state index is 13.2. The Morgan fingerprint density at radius 3 is 2.80 bits per heavy atom. The summed E-state index contributed by atoms with van der Waals surface area (Å²) in [6.07, 6.45) is 2.52. The maximum Gasteiger partial charge on any atom is 0.123 e. The Balaban J connectivity index is 2.40. The normalized spacial score (nSPS) is 30.8. The molecule has 15 heavy (non-hydrogen) atoms. The van der Waals surface area contributed by atoms with Crippen LogP contribution in [-0.2, 0) is 5.60 Å². The van der Waals surface area contributed by atoms with Gasteiger partial charge in [0.15, 0.2) is 0 Å². The maximum atomic E-state index is 13.2. The van der Waals surface area contributed by atoms with Crippen LogP contribution >= 0.6 is 0 Å². The van der Waals surface area contributed by atoms with Crippen molar-refractivity contribution in [2.24, 2.45) is 5.92 Å². The first-order chi connectivity index (χ1) is 7.01. The summed E-state index contributed by atoms with van der Waals surface area (Å²) in [4.78, 5) is 0. The third-order valence-corrected chi connectivity index (χ3v) is 3.44. The van der Waals surface area contributed by atoms with E-state index in [1.807, 2.05) is 6.92 Å². The van der Waals surface area contributed by atoms with Crippen molar-refractivity contribution in [1.29, 1.82) is 0 Å². The topological polar surface area (TPSA) is 20.2 Å². The first kappa shape index (κ1) is 10.6. The van der Waals surface area contributed by atoms with Gasteiger partial charge in [0.05, 0.1) is 5.60 Å². The predicted octanol–water partition coefficient (Wildman–Crippen LogP) is 3.14. The molecule has 0 spiro atoms. The zero-order valence-electron chi connectivity index (χ0n) is 9.26. The summed E-state index contributed by atoms with van der Waals surface area (Å²) >= 11 is 0. The fourth-order valence-electron chi connectivity index (χ4n) is 2.61. The minimum Gasteiger partial charge on any atom is -0.385 e. The van der Waals surface area contributed by atoms with E-state index in [1.165, 1.54) is 12.1 Å². The molecule has 2 atom stereocenters. The lowest BCUT2D eigenvalue weighted by Gasteiger charge is -2.25. The highest BCUT2D eigenvalue weighted by molar-refractivity contribution is 5.32. The molecule has 0 bridgehead atoms. The third kappa shape index (κ3) is 1.91. The number of halogens is 1. The summed E-state index contributed by atoms with van der Waals surface area (Å²) in [5.41, 5.74) is 0.950. The van der Waals surface area contributed by atoms with Crippen LogP contribution in [0.4, 0.5) is 4.39 Å². The van der Waals surface area contributed by atoms with Gasteiger partial charge in [-0.3, -0.25) is 0 Å². The van der Waals surface area contributed by atoms with Crippen LogP contribution in [0, 0.1) is 18.7 Å². The Morgan fingerprint density at radius 2 is 2.20 bits per heavy atom. The minimum atomic E-state index is -0.800. The molecule has 2 heteroatoms. The van der Waals surface area contributed by atoms with Crippen molar-refractivity contribution in [1.82, 2.24) is 0 Å². The molecule has 1 aromatic rings. The van der Waals surface area contributed by atoms with Crippen LogP contribution in [0.1, 0.15) is 37.3 Å². The number of benzene rings is 1. The minimum absolute atomic E-state index is 0.261. The summed E-state index contributed by atoms with van der Waals surface area (Å²) in [5, 5.41) is 10.5. The summed E-state index contributed by atoms with van der Waals surface area (Å²) in [7, 11) is 0. The van der Waals surface area contributed by atoms with Gasteiger partial charge >= 0.3 is 0 Å². The van der Waals surface area contributed by atoms with Gasteiger partial charge in [0.25, 0.3) is 0 Å². The predicted molar refractivity (Wildman–Crippen MR) is 58.0 cm³/mol. The Morgan fingerprint density at radius 1 is 1.47 bits per heavy atom.